The smallest absolute Gasteiger partial charge is 0.255 e. The Balaban J connectivity index is 1.70. The van der Waals surface area contributed by atoms with Crippen LogP contribution in [0.2, 0.25) is 0 Å². The van der Waals surface area contributed by atoms with E-state index in [1.807, 2.05) is 0 Å². The van der Waals surface area contributed by atoms with Gasteiger partial charge < -0.3 is 5.32 Å². The van der Waals surface area contributed by atoms with E-state index in [0.29, 0.717) is 18.8 Å². The minimum Gasteiger partial charge on any atom is -0.315 e. The van der Waals surface area contributed by atoms with Crippen LogP contribution in [0.4, 0.5) is 8.78 Å². The van der Waals surface area contributed by atoms with Crippen molar-refractivity contribution in [2.45, 2.75) is 30.1 Å². The Bertz CT molecular complexity index is 738. The standard InChI is InChI=1S/C14H17F2N3O2S/c1-9-12(10(2-3-18-9)11-4-14(11,15)16)22(20,21)19-7-13(8-19)5-17-6-13/h2-3,11,17H,4-8H2,1H3. The Labute approximate surface area is 127 Å². The molecule has 8 heteroatoms. The number of sulfonamides is 1. The summed E-state index contributed by atoms with van der Waals surface area (Å²) in [6.07, 6.45) is 1.12. The second-order valence-electron chi connectivity index (χ2n) is 6.71. The molecular weight excluding hydrogens is 312 g/mol. The number of nitrogens with one attached hydrogen (secondary N) is 1. The maximum Gasteiger partial charge on any atom is 0.255 e. The molecule has 3 heterocycles. The fourth-order valence-electron chi connectivity index (χ4n) is 3.44. The summed E-state index contributed by atoms with van der Waals surface area (Å²) >= 11 is 0. The molecule has 0 amide bonds. The van der Waals surface area contributed by atoms with Gasteiger partial charge in [0, 0.05) is 44.2 Å². The first-order chi connectivity index (χ1) is 10.3. The molecule has 0 bridgehead atoms. The molecule has 1 aromatic heterocycles. The molecular formula is C14H17F2N3O2S. The van der Waals surface area contributed by atoms with Gasteiger partial charge in [-0.3, -0.25) is 4.98 Å². The van der Waals surface area contributed by atoms with Crippen LogP contribution in [-0.4, -0.2) is 49.8 Å². The van der Waals surface area contributed by atoms with Gasteiger partial charge in [0.05, 0.1) is 11.6 Å². The van der Waals surface area contributed by atoms with Gasteiger partial charge in [0.2, 0.25) is 10.0 Å². The average Bonchev–Trinajstić information content (AvgIpc) is 2.93. The Morgan fingerprint density at radius 1 is 1.36 bits per heavy atom. The quantitative estimate of drug-likeness (QED) is 0.902. The molecule has 5 nitrogen and oxygen atoms in total. The summed E-state index contributed by atoms with van der Waals surface area (Å²) in [5.41, 5.74) is 0.561. The number of halogens is 2. The van der Waals surface area contributed by atoms with Crippen LogP contribution >= 0.6 is 0 Å². The molecule has 1 atom stereocenters. The van der Waals surface area contributed by atoms with Crippen molar-refractivity contribution in [3.05, 3.63) is 23.5 Å². The fraction of sp³-hybridized carbons (Fsp3) is 0.643. The fourth-order valence-corrected chi connectivity index (χ4v) is 5.52. The van der Waals surface area contributed by atoms with E-state index in [1.54, 1.807) is 6.92 Å². The number of aryl methyl sites for hydroxylation is 1. The summed E-state index contributed by atoms with van der Waals surface area (Å²) in [5, 5.41) is 3.14. The highest BCUT2D eigenvalue weighted by atomic mass is 32.2. The van der Waals surface area contributed by atoms with Gasteiger partial charge in [0.15, 0.2) is 0 Å². The molecule has 1 N–H and O–H groups in total. The summed E-state index contributed by atoms with van der Waals surface area (Å²) in [6, 6.07) is 1.42. The zero-order valence-corrected chi connectivity index (χ0v) is 13.0. The molecule has 4 rings (SSSR count). The summed E-state index contributed by atoms with van der Waals surface area (Å²) in [5.74, 6) is -3.80. The maximum atomic E-state index is 13.4. The molecule has 1 aromatic rings. The molecule has 0 aromatic carbocycles. The first-order valence-corrected chi connectivity index (χ1v) is 8.73. The van der Waals surface area contributed by atoms with E-state index in [9.17, 15) is 17.2 Å². The van der Waals surface area contributed by atoms with Crippen molar-refractivity contribution in [1.82, 2.24) is 14.6 Å². The van der Waals surface area contributed by atoms with E-state index in [0.717, 1.165) is 13.1 Å². The second-order valence-corrected chi connectivity index (χ2v) is 8.58. The predicted octanol–water partition coefficient (Wildman–Crippen LogP) is 1.11. The number of rotatable bonds is 3. The van der Waals surface area contributed by atoms with E-state index in [2.05, 4.69) is 10.3 Å². The molecule has 3 fully saturated rings. The van der Waals surface area contributed by atoms with Crippen LogP contribution in [-0.2, 0) is 10.0 Å². The second kappa shape index (κ2) is 4.24. The predicted molar refractivity (Wildman–Crippen MR) is 75.3 cm³/mol. The topological polar surface area (TPSA) is 62.3 Å². The minimum atomic E-state index is -3.76. The summed E-state index contributed by atoms with van der Waals surface area (Å²) in [7, 11) is -3.76. The molecule has 120 valence electrons. The van der Waals surface area contributed by atoms with E-state index in [-0.39, 0.29) is 22.3 Å². The molecule has 0 radical (unpaired) electrons. The summed E-state index contributed by atoms with van der Waals surface area (Å²) < 4.78 is 53.9. The number of aromatic nitrogens is 1. The van der Waals surface area contributed by atoms with Crippen molar-refractivity contribution < 1.29 is 17.2 Å². The van der Waals surface area contributed by atoms with Crippen LogP contribution in [0, 0.1) is 12.3 Å². The number of hydrogen-bond acceptors (Lipinski definition) is 4. The third-order valence-electron chi connectivity index (χ3n) is 4.94. The van der Waals surface area contributed by atoms with Gasteiger partial charge in [0.25, 0.3) is 5.92 Å². The van der Waals surface area contributed by atoms with Crippen molar-refractivity contribution in [1.29, 1.82) is 0 Å². The lowest BCUT2D eigenvalue weighted by atomic mass is 9.76. The largest absolute Gasteiger partial charge is 0.315 e. The van der Waals surface area contributed by atoms with E-state index in [4.69, 9.17) is 0 Å². The zero-order valence-electron chi connectivity index (χ0n) is 12.1. The third-order valence-corrected chi connectivity index (χ3v) is 6.92. The highest BCUT2D eigenvalue weighted by Crippen LogP contribution is 2.57. The Morgan fingerprint density at radius 2 is 2.00 bits per heavy atom. The van der Waals surface area contributed by atoms with Gasteiger partial charge in [-0.05, 0) is 18.6 Å². The van der Waals surface area contributed by atoms with Crippen molar-refractivity contribution >= 4 is 10.0 Å². The van der Waals surface area contributed by atoms with Gasteiger partial charge in [-0.2, -0.15) is 4.31 Å². The van der Waals surface area contributed by atoms with Crippen LogP contribution in [0.25, 0.3) is 0 Å². The third kappa shape index (κ3) is 1.93. The van der Waals surface area contributed by atoms with Crippen LogP contribution in [0.1, 0.15) is 23.6 Å². The Hall–Kier alpha value is -1.12. The normalized spacial score (nSPS) is 29.0. The molecule has 2 saturated heterocycles. The van der Waals surface area contributed by atoms with Crippen molar-refractivity contribution in [3.63, 3.8) is 0 Å². The Kier molecular flexibility index (Phi) is 2.79. The molecule has 1 saturated carbocycles. The lowest BCUT2D eigenvalue weighted by molar-refractivity contribution is 0.0163. The highest BCUT2D eigenvalue weighted by Gasteiger charge is 2.60. The first kappa shape index (κ1) is 14.5. The number of hydrogen-bond donors (Lipinski definition) is 1. The van der Waals surface area contributed by atoms with Gasteiger partial charge in [0.1, 0.15) is 4.90 Å². The van der Waals surface area contributed by atoms with E-state index >= 15 is 0 Å². The molecule has 3 aliphatic rings. The van der Waals surface area contributed by atoms with Gasteiger partial charge in [-0.1, -0.05) is 0 Å². The van der Waals surface area contributed by atoms with E-state index in [1.165, 1.54) is 16.6 Å². The minimum absolute atomic E-state index is 0.0145. The molecule has 2 aliphatic heterocycles. The molecule has 1 unspecified atom stereocenters. The number of nitrogens with zero attached hydrogens (tertiary/aromatic N) is 2. The summed E-state index contributed by atoms with van der Waals surface area (Å²) in [4.78, 5) is 4.00. The zero-order chi connectivity index (χ0) is 15.8. The monoisotopic (exact) mass is 329 g/mol. The lowest BCUT2D eigenvalue weighted by Gasteiger charge is -2.55. The first-order valence-electron chi connectivity index (χ1n) is 7.29. The van der Waals surface area contributed by atoms with Gasteiger partial charge in [-0.25, -0.2) is 17.2 Å². The SMILES string of the molecule is Cc1nccc(C2CC2(F)F)c1S(=O)(=O)N1CC2(CNC2)C1. The molecule has 22 heavy (non-hydrogen) atoms. The average molecular weight is 329 g/mol. The lowest BCUT2D eigenvalue weighted by Crippen LogP contribution is -2.71. The Morgan fingerprint density at radius 3 is 2.50 bits per heavy atom. The van der Waals surface area contributed by atoms with Crippen molar-refractivity contribution in [2.24, 2.45) is 5.41 Å². The number of alkyl halides is 2. The van der Waals surface area contributed by atoms with Crippen LogP contribution in [0.15, 0.2) is 17.2 Å². The van der Waals surface area contributed by atoms with Crippen molar-refractivity contribution in [2.75, 3.05) is 26.2 Å². The maximum absolute atomic E-state index is 13.4. The van der Waals surface area contributed by atoms with E-state index < -0.39 is 21.9 Å². The number of pyridine rings is 1. The van der Waals surface area contributed by atoms with Crippen molar-refractivity contribution in [3.8, 4) is 0 Å². The summed E-state index contributed by atoms with van der Waals surface area (Å²) in [6.45, 7) is 4.11. The van der Waals surface area contributed by atoms with Crippen LogP contribution in [0.3, 0.4) is 0 Å². The molecule has 1 spiro atoms. The van der Waals surface area contributed by atoms with Gasteiger partial charge in [-0.15, -0.1) is 0 Å². The van der Waals surface area contributed by atoms with Crippen LogP contribution < -0.4 is 5.32 Å². The highest BCUT2D eigenvalue weighted by molar-refractivity contribution is 7.89. The van der Waals surface area contributed by atoms with Crippen LogP contribution in [0.5, 0.6) is 0 Å². The van der Waals surface area contributed by atoms with Gasteiger partial charge >= 0.3 is 0 Å². The molecule has 1 aliphatic carbocycles.